The molecular weight excluding hydrogens is 398 g/mol. The molecule has 0 saturated heterocycles. The Labute approximate surface area is 178 Å². The molecule has 8 heteroatoms. The van der Waals surface area contributed by atoms with Crippen LogP contribution in [-0.2, 0) is 4.79 Å². The molecule has 0 bridgehead atoms. The molecule has 7 nitrogen and oxygen atoms in total. The average molecular weight is 420 g/mol. The first-order chi connectivity index (χ1) is 14.6. The highest BCUT2D eigenvalue weighted by Gasteiger charge is 2.25. The molecule has 2 N–H and O–H groups in total. The van der Waals surface area contributed by atoms with E-state index in [1.807, 2.05) is 61.5 Å². The number of amides is 1. The summed E-state index contributed by atoms with van der Waals surface area (Å²) in [6.07, 6.45) is 0. The summed E-state index contributed by atoms with van der Waals surface area (Å²) < 4.78 is 5.06. The predicted octanol–water partition coefficient (Wildman–Crippen LogP) is 4.83. The van der Waals surface area contributed by atoms with Crippen molar-refractivity contribution in [3.63, 3.8) is 0 Å². The summed E-state index contributed by atoms with van der Waals surface area (Å²) in [6.45, 7) is 4.53. The van der Waals surface area contributed by atoms with E-state index >= 15 is 0 Å². The molecule has 152 valence electrons. The Balaban J connectivity index is 1.68. The van der Waals surface area contributed by atoms with Gasteiger partial charge in [-0.25, -0.2) is 9.97 Å². The number of anilines is 2. The molecule has 1 atom stereocenters. The van der Waals surface area contributed by atoms with Crippen molar-refractivity contribution in [2.75, 3.05) is 17.2 Å². The summed E-state index contributed by atoms with van der Waals surface area (Å²) in [5.74, 6) is 1.54. The molecule has 0 fully saturated rings. The standard InChI is InChI=1S/C22H21N5O2S/c1-3-23-20-16-11-7-8-12-17(16)24-22(26-20)30-19(15-9-5-4-6-10-15)21(28)25-18-13-14(2)29-27-18/h4-13,19H,3H2,1-2H3,(H,23,24,26)(H,25,27,28). The zero-order valence-corrected chi connectivity index (χ0v) is 17.4. The van der Waals surface area contributed by atoms with Crippen molar-refractivity contribution in [2.24, 2.45) is 0 Å². The van der Waals surface area contributed by atoms with E-state index in [9.17, 15) is 4.79 Å². The number of nitrogens with one attached hydrogen (secondary N) is 2. The van der Waals surface area contributed by atoms with Gasteiger partial charge >= 0.3 is 0 Å². The Kier molecular flexibility index (Phi) is 5.94. The van der Waals surface area contributed by atoms with Crippen molar-refractivity contribution >= 4 is 40.2 Å². The zero-order chi connectivity index (χ0) is 20.9. The number of hydrogen-bond acceptors (Lipinski definition) is 7. The van der Waals surface area contributed by atoms with Crippen LogP contribution in [0.5, 0.6) is 0 Å². The molecular formula is C22H21N5O2S. The molecule has 0 radical (unpaired) electrons. The molecule has 0 aliphatic carbocycles. The first kappa shape index (κ1) is 19.9. The molecule has 1 amide bonds. The van der Waals surface area contributed by atoms with Crippen LogP contribution in [0.3, 0.4) is 0 Å². The van der Waals surface area contributed by atoms with Crippen molar-refractivity contribution in [1.82, 2.24) is 15.1 Å². The Morgan fingerprint density at radius 2 is 1.87 bits per heavy atom. The van der Waals surface area contributed by atoms with Gasteiger partial charge in [-0.1, -0.05) is 59.4 Å². The molecule has 2 aromatic heterocycles. The van der Waals surface area contributed by atoms with Crippen LogP contribution in [0.25, 0.3) is 10.9 Å². The van der Waals surface area contributed by atoms with Crippen LogP contribution >= 0.6 is 11.8 Å². The van der Waals surface area contributed by atoms with Gasteiger partial charge in [-0.2, -0.15) is 0 Å². The number of aryl methyl sites for hydroxylation is 1. The normalized spacial score (nSPS) is 11.9. The lowest BCUT2D eigenvalue weighted by atomic mass is 10.1. The molecule has 0 aliphatic rings. The minimum Gasteiger partial charge on any atom is -0.370 e. The third kappa shape index (κ3) is 4.44. The quantitative estimate of drug-likeness (QED) is 0.327. The monoisotopic (exact) mass is 419 g/mol. The van der Waals surface area contributed by atoms with Gasteiger partial charge in [0, 0.05) is 18.0 Å². The first-order valence-corrected chi connectivity index (χ1v) is 10.5. The number of fused-ring (bicyclic) bond motifs is 1. The summed E-state index contributed by atoms with van der Waals surface area (Å²) in [7, 11) is 0. The van der Waals surface area contributed by atoms with Gasteiger partial charge in [0.05, 0.1) is 5.52 Å². The van der Waals surface area contributed by atoms with Crippen LogP contribution in [-0.4, -0.2) is 27.6 Å². The van der Waals surface area contributed by atoms with Gasteiger partial charge in [0.25, 0.3) is 0 Å². The van der Waals surface area contributed by atoms with Gasteiger partial charge in [0.2, 0.25) is 5.91 Å². The number of thioether (sulfide) groups is 1. The van der Waals surface area contributed by atoms with E-state index in [-0.39, 0.29) is 5.91 Å². The van der Waals surface area contributed by atoms with Gasteiger partial charge in [-0.15, -0.1) is 0 Å². The van der Waals surface area contributed by atoms with Crippen LogP contribution in [0.1, 0.15) is 23.5 Å². The van der Waals surface area contributed by atoms with E-state index in [2.05, 4.69) is 25.8 Å². The van der Waals surface area contributed by atoms with Crippen LogP contribution in [0.15, 0.2) is 70.3 Å². The predicted molar refractivity (Wildman–Crippen MR) is 119 cm³/mol. The molecule has 2 heterocycles. The van der Waals surface area contributed by atoms with Crippen molar-refractivity contribution in [2.45, 2.75) is 24.3 Å². The zero-order valence-electron chi connectivity index (χ0n) is 16.6. The number of hydrogen-bond donors (Lipinski definition) is 2. The lowest BCUT2D eigenvalue weighted by Gasteiger charge is -2.16. The third-order valence-electron chi connectivity index (χ3n) is 4.37. The van der Waals surface area contributed by atoms with Gasteiger partial charge in [0.1, 0.15) is 16.8 Å². The van der Waals surface area contributed by atoms with E-state index in [1.165, 1.54) is 11.8 Å². The molecule has 0 saturated carbocycles. The summed E-state index contributed by atoms with van der Waals surface area (Å²) in [5, 5.41) is 10.9. The van der Waals surface area contributed by atoms with Gasteiger partial charge < -0.3 is 15.2 Å². The Morgan fingerprint density at radius 3 is 2.60 bits per heavy atom. The fraction of sp³-hybridized carbons (Fsp3) is 0.182. The Morgan fingerprint density at radius 1 is 1.10 bits per heavy atom. The second-order valence-corrected chi connectivity index (χ2v) is 7.70. The molecule has 2 aromatic carbocycles. The number of carbonyl (C=O) groups is 1. The third-order valence-corrected chi connectivity index (χ3v) is 5.49. The largest absolute Gasteiger partial charge is 0.370 e. The summed E-state index contributed by atoms with van der Waals surface area (Å²) in [5.41, 5.74) is 1.67. The molecule has 1 unspecified atom stereocenters. The lowest BCUT2D eigenvalue weighted by molar-refractivity contribution is -0.115. The lowest BCUT2D eigenvalue weighted by Crippen LogP contribution is -2.19. The van der Waals surface area contributed by atoms with Crippen LogP contribution in [0, 0.1) is 6.92 Å². The van der Waals surface area contributed by atoms with Crippen molar-refractivity contribution in [3.05, 3.63) is 72.0 Å². The Bertz CT molecular complexity index is 1160. The second-order valence-electron chi connectivity index (χ2n) is 6.62. The second kappa shape index (κ2) is 8.96. The number of rotatable bonds is 7. The smallest absolute Gasteiger partial charge is 0.243 e. The maximum atomic E-state index is 13.1. The molecule has 4 rings (SSSR count). The van der Waals surface area contributed by atoms with E-state index in [4.69, 9.17) is 4.52 Å². The fourth-order valence-corrected chi connectivity index (χ4v) is 4.00. The summed E-state index contributed by atoms with van der Waals surface area (Å²) in [4.78, 5) is 22.5. The van der Waals surface area contributed by atoms with Crippen molar-refractivity contribution in [1.29, 1.82) is 0 Å². The van der Waals surface area contributed by atoms with Gasteiger partial charge in [-0.3, -0.25) is 4.79 Å². The highest BCUT2D eigenvalue weighted by molar-refractivity contribution is 8.00. The van der Waals surface area contributed by atoms with Gasteiger partial charge in [-0.05, 0) is 31.5 Å². The fourth-order valence-electron chi connectivity index (χ4n) is 3.03. The van der Waals surface area contributed by atoms with Gasteiger partial charge in [0.15, 0.2) is 11.0 Å². The maximum Gasteiger partial charge on any atom is 0.243 e. The maximum absolute atomic E-state index is 13.1. The van der Waals surface area contributed by atoms with E-state index in [1.54, 1.807) is 13.0 Å². The molecule has 0 aliphatic heterocycles. The number of aromatic nitrogens is 3. The summed E-state index contributed by atoms with van der Waals surface area (Å²) >= 11 is 1.30. The Hall–Kier alpha value is -3.39. The van der Waals surface area contributed by atoms with Crippen molar-refractivity contribution in [3.8, 4) is 0 Å². The van der Waals surface area contributed by atoms with E-state index in [0.717, 1.165) is 28.8 Å². The topological polar surface area (TPSA) is 92.9 Å². The van der Waals surface area contributed by atoms with Crippen molar-refractivity contribution < 1.29 is 9.32 Å². The highest BCUT2D eigenvalue weighted by atomic mass is 32.2. The molecule has 4 aromatic rings. The molecule has 30 heavy (non-hydrogen) atoms. The highest BCUT2D eigenvalue weighted by Crippen LogP contribution is 2.36. The van der Waals surface area contributed by atoms with Crippen LogP contribution < -0.4 is 10.6 Å². The summed E-state index contributed by atoms with van der Waals surface area (Å²) in [6, 6.07) is 19.1. The minimum atomic E-state index is -0.557. The van der Waals surface area contributed by atoms with Crippen LogP contribution in [0.2, 0.25) is 0 Å². The number of benzene rings is 2. The van der Waals surface area contributed by atoms with E-state index in [0.29, 0.717) is 16.7 Å². The first-order valence-electron chi connectivity index (χ1n) is 9.60. The number of para-hydroxylation sites is 1. The SMILES string of the molecule is CCNc1nc(SC(C(=O)Nc2cc(C)on2)c2ccccc2)nc2ccccc12. The molecule has 0 spiro atoms. The van der Waals surface area contributed by atoms with Crippen LogP contribution in [0.4, 0.5) is 11.6 Å². The average Bonchev–Trinajstić information content (AvgIpc) is 3.17. The number of nitrogens with zero attached hydrogens (tertiary/aromatic N) is 3. The minimum absolute atomic E-state index is 0.221. The number of carbonyl (C=O) groups excluding carboxylic acids is 1. The van der Waals surface area contributed by atoms with E-state index < -0.39 is 5.25 Å².